The van der Waals surface area contributed by atoms with Crippen LogP contribution in [0.5, 0.6) is 0 Å². The van der Waals surface area contributed by atoms with E-state index in [1.165, 1.54) is 76.2 Å². The molecule has 0 spiro atoms. The van der Waals surface area contributed by atoms with Crippen molar-refractivity contribution in [1.82, 2.24) is 4.90 Å². The van der Waals surface area contributed by atoms with Crippen molar-refractivity contribution in [3.8, 4) is 0 Å². The lowest BCUT2D eigenvalue weighted by Crippen LogP contribution is -2.43. The van der Waals surface area contributed by atoms with Gasteiger partial charge in [-0.2, -0.15) is 0 Å². The zero-order valence-corrected chi connectivity index (χ0v) is 20.2. The normalized spacial score (nSPS) is 27.7. The van der Waals surface area contributed by atoms with Crippen LogP contribution in [0.4, 0.5) is 0 Å². The van der Waals surface area contributed by atoms with Gasteiger partial charge in [0.1, 0.15) is 6.61 Å². The van der Waals surface area contributed by atoms with Crippen LogP contribution in [0.3, 0.4) is 0 Å². The Bertz CT molecular complexity index is 551. The highest BCUT2D eigenvalue weighted by Gasteiger charge is 2.30. The zero-order chi connectivity index (χ0) is 22.1. The molecule has 3 aliphatic rings. The van der Waals surface area contributed by atoms with Crippen molar-refractivity contribution < 1.29 is 14.6 Å². The third-order valence-electron chi connectivity index (χ3n) is 8.07. The van der Waals surface area contributed by atoms with Crippen LogP contribution < -0.4 is 0 Å². The fourth-order valence-electron chi connectivity index (χ4n) is 6.05. The van der Waals surface area contributed by atoms with E-state index in [4.69, 9.17) is 4.74 Å². The van der Waals surface area contributed by atoms with Gasteiger partial charge in [0.15, 0.2) is 5.78 Å². The standard InChI is InChI=1S/C27H47NO3/c1-21(2)31-20-23-9-12-26(13-10-23)28-16-14-24(15-17-28)25(18-27(30)19-29)11-8-22-6-4-3-5-7-22/h11,21-24,26,29H,3-10,12-20H2,1-2H3/b25-11-. The Kier molecular flexibility index (Phi) is 10.5. The van der Waals surface area contributed by atoms with Gasteiger partial charge in [-0.25, -0.2) is 0 Å². The Morgan fingerprint density at radius 1 is 0.968 bits per heavy atom. The van der Waals surface area contributed by atoms with Crippen LogP contribution in [0.15, 0.2) is 11.6 Å². The number of carbonyl (C=O) groups excluding carboxylic acids is 1. The largest absolute Gasteiger partial charge is 0.389 e. The highest BCUT2D eigenvalue weighted by atomic mass is 16.5. The van der Waals surface area contributed by atoms with E-state index in [9.17, 15) is 9.90 Å². The molecule has 0 amide bonds. The molecule has 2 aliphatic carbocycles. The molecule has 31 heavy (non-hydrogen) atoms. The smallest absolute Gasteiger partial charge is 0.162 e. The molecule has 0 bridgehead atoms. The summed E-state index contributed by atoms with van der Waals surface area (Å²) in [7, 11) is 0. The average Bonchev–Trinajstić information content (AvgIpc) is 2.81. The van der Waals surface area contributed by atoms with Crippen molar-refractivity contribution in [1.29, 1.82) is 0 Å². The highest BCUT2D eigenvalue weighted by Crippen LogP contribution is 2.34. The molecule has 4 nitrogen and oxygen atoms in total. The van der Waals surface area contributed by atoms with Gasteiger partial charge in [-0.3, -0.25) is 4.79 Å². The van der Waals surface area contributed by atoms with Gasteiger partial charge in [-0.15, -0.1) is 0 Å². The number of aliphatic hydroxyl groups is 1. The second-order valence-electron chi connectivity index (χ2n) is 10.8. The summed E-state index contributed by atoms with van der Waals surface area (Å²) < 4.78 is 5.84. The summed E-state index contributed by atoms with van der Waals surface area (Å²) in [5.41, 5.74) is 1.33. The molecule has 1 heterocycles. The first kappa shape index (κ1) is 24.9. The lowest BCUT2D eigenvalue weighted by atomic mass is 9.81. The van der Waals surface area contributed by atoms with E-state index in [0.717, 1.165) is 44.0 Å². The van der Waals surface area contributed by atoms with E-state index in [-0.39, 0.29) is 12.4 Å². The quantitative estimate of drug-likeness (QED) is 0.460. The second kappa shape index (κ2) is 13.1. The third kappa shape index (κ3) is 8.29. The molecule has 0 radical (unpaired) electrons. The SMILES string of the molecule is CC(C)OCC1CCC(N2CCC(/C(=C\CC3CCCCC3)CC(=O)CO)CC2)CC1. The van der Waals surface area contributed by atoms with Crippen LogP contribution in [0.25, 0.3) is 0 Å². The van der Waals surface area contributed by atoms with Gasteiger partial charge in [-0.1, -0.05) is 43.8 Å². The van der Waals surface area contributed by atoms with Crippen molar-refractivity contribution in [2.24, 2.45) is 17.8 Å². The molecule has 2 saturated carbocycles. The number of ether oxygens (including phenoxy) is 1. The number of aliphatic hydroxyl groups excluding tert-OH is 1. The van der Waals surface area contributed by atoms with E-state index >= 15 is 0 Å². The number of ketones is 1. The second-order valence-corrected chi connectivity index (χ2v) is 10.8. The first-order chi connectivity index (χ1) is 15.0. The van der Waals surface area contributed by atoms with Crippen LogP contribution in [-0.4, -0.2) is 54.2 Å². The van der Waals surface area contributed by atoms with Crippen LogP contribution in [0.2, 0.25) is 0 Å². The molecule has 0 atom stereocenters. The average molecular weight is 434 g/mol. The molecular weight excluding hydrogens is 386 g/mol. The van der Waals surface area contributed by atoms with Crippen molar-refractivity contribution in [2.45, 2.75) is 109 Å². The number of nitrogens with zero attached hydrogens (tertiary/aromatic N) is 1. The molecule has 0 aromatic carbocycles. The van der Waals surface area contributed by atoms with Gasteiger partial charge in [0.25, 0.3) is 0 Å². The summed E-state index contributed by atoms with van der Waals surface area (Å²) in [6, 6.07) is 0.741. The molecule has 1 N–H and O–H groups in total. The number of hydrogen-bond donors (Lipinski definition) is 1. The molecular formula is C27H47NO3. The predicted molar refractivity (Wildman–Crippen MR) is 127 cm³/mol. The summed E-state index contributed by atoms with van der Waals surface area (Å²) in [5, 5.41) is 9.31. The number of likely N-dealkylation sites (tertiary alicyclic amines) is 1. The predicted octanol–water partition coefficient (Wildman–Crippen LogP) is 5.53. The number of piperidine rings is 1. The zero-order valence-electron chi connectivity index (χ0n) is 20.2. The summed E-state index contributed by atoms with van der Waals surface area (Å²) in [4.78, 5) is 14.8. The van der Waals surface area contributed by atoms with E-state index < -0.39 is 0 Å². The number of allylic oxidation sites excluding steroid dienone is 2. The third-order valence-corrected chi connectivity index (χ3v) is 8.07. The highest BCUT2D eigenvalue weighted by molar-refractivity contribution is 5.81. The fraction of sp³-hybridized carbons (Fsp3) is 0.889. The molecule has 1 saturated heterocycles. The van der Waals surface area contributed by atoms with Gasteiger partial charge >= 0.3 is 0 Å². The monoisotopic (exact) mass is 433 g/mol. The van der Waals surface area contributed by atoms with E-state index in [1.54, 1.807) is 0 Å². The maximum Gasteiger partial charge on any atom is 0.162 e. The van der Waals surface area contributed by atoms with Gasteiger partial charge < -0.3 is 14.7 Å². The molecule has 1 aliphatic heterocycles. The molecule has 178 valence electrons. The summed E-state index contributed by atoms with van der Waals surface area (Å²) >= 11 is 0. The Hall–Kier alpha value is -0.710. The summed E-state index contributed by atoms with van der Waals surface area (Å²) in [6.45, 7) is 7.20. The van der Waals surface area contributed by atoms with Crippen LogP contribution in [0.1, 0.15) is 97.3 Å². The molecule has 0 unspecified atom stereocenters. The van der Waals surface area contributed by atoms with Crippen LogP contribution >= 0.6 is 0 Å². The molecule has 0 aromatic heterocycles. The summed E-state index contributed by atoms with van der Waals surface area (Å²) in [6.07, 6.45) is 18.7. The molecule has 3 fully saturated rings. The lowest BCUT2D eigenvalue weighted by Gasteiger charge is -2.41. The Morgan fingerprint density at radius 3 is 2.26 bits per heavy atom. The minimum atomic E-state index is -0.316. The lowest BCUT2D eigenvalue weighted by molar-refractivity contribution is -0.121. The van der Waals surface area contributed by atoms with Crippen molar-refractivity contribution in [3.05, 3.63) is 11.6 Å². The first-order valence-electron chi connectivity index (χ1n) is 13.2. The summed E-state index contributed by atoms with van der Waals surface area (Å²) in [5.74, 6) is 2.07. The Morgan fingerprint density at radius 2 is 1.65 bits per heavy atom. The maximum atomic E-state index is 12.0. The number of Topliss-reactive ketones (excluding diaryl/α,β-unsaturated/α-hetero) is 1. The van der Waals surface area contributed by atoms with Gasteiger partial charge in [0, 0.05) is 19.1 Å². The number of carbonyl (C=O) groups is 1. The molecule has 3 rings (SSSR count). The van der Waals surface area contributed by atoms with Crippen LogP contribution in [-0.2, 0) is 9.53 Å². The number of rotatable bonds is 10. The van der Waals surface area contributed by atoms with Crippen LogP contribution in [0, 0.1) is 17.8 Å². The van der Waals surface area contributed by atoms with Crippen molar-refractivity contribution in [2.75, 3.05) is 26.3 Å². The Balaban J connectivity index is 1.46. The first-order valence-corrected chi connectivity index (χ1v) is 13.2. The van der Waals surface area contributed by atoms with Crippen molar-refractivity contribution >= 4 is 5.78 Å². The topological polar surface area (TPSA) is 49.8 Å². The van der Waals surface area contributed by atoms with E-state index in [2.05, 4.69) is 24.8 Å². The fourth-order valence-corrected chi connectivity index (χ4v) is 6.05. The number of hydrogen-bond acceptors (Lipinski definition) is 4. The Labute approximate surface area is 190 Å². The van der Waals surface area contributed by atoms with Crippen molar-refractivity contribution in [3.63, 3.8) is 0 Å². The minimum absolute atomic E-state index is 0.0146. The maximum absolute atomic E-state index is 12.0. The molecule has 4 heteroatoms. The van der Waals surface area contributed by atoms with Gasteiger partial charge in [-0.05, 0) is 89.6 Å². The van der Waals surface area contributed by atoms with E-state index in [1.807, 2.05) is 0 Å². The molecule has 0 aromatic rings. The van der Waals surface area contributed by atoms with Gasteiger partial charge in [0.2, 0.25) is 0 Å². The van der Waals surface area contributed by atoms with Gasteiger partial charge in [0.05, 0.1) is 6.10 Å². The minimum Gasteiger partial charge on any atom is -0.389 e. The van der Waals surface area contributed by atoms with E-state index in [0.29, 0.717) is 18.4 Å².